The van der Waals surface area contributed by atoms with Crippen molar-refractivity contribution in [2.45, 2.75) is 65.8 Å². The van der Waals surface area contributed by atoms with E-state index >= 15 is 0 Å². The van der Waals surface area contributed by atoms with Crippen LogP contribution >= 0.6 is 12.2 Å². The first kappa shape index (κ1) is 18.9. The molecule has 0 spiro atoms. The van der Waals surface area contributed by atoms with Crippen molar-refractivity contribution in [2.75, 3.05) is 0 Å². The molecule has 1 saturated carbocycles. The van der Waals surface area contributed by atoms with Crippen LogP contribution in [0.5, 0.6) is 0 Å². The quantitative estimate of drug-likeness (QED) is 0.809. The van der Waals surface area contributed by atoms with Gasteiger partial charge in [-0.15, -0.1) is 0 Å². The van der Waals surface area contributed by atoms with Crippen LogP contribution in [-0.2, 0) is 11.2 Å². The topological polar surface area (TPSA) is 41.1 Å². The fraction of sp³-hybridized carbons (Fsp3) is 0.600. The van der Waals surface area contributed by atoms with E-state index in [4.69, 9.17) is 12.2 Å². The van der Waals surface area contributed by atoms with E-state index in [0.717, 1.165) is 29.9 Å². The molecular weight excluding hydrogens is 316 g/mol. The summed E-state index contributed by atoms with van der Waals surface area (Å²) in [5.41, 5.74) is 2.56. The van der Waals surface area contributed by atoms with E-state index in [9.17, 15) is 4.79 Å². The summed E-state index contributed by atoms with van der Waals surface area (Å²) in [6.07, 6.45) is 5.05. The largest absolute Gasteiger partial charge is 0.360 e. The standard InChI is InChI=1S/C20H30N2OS/c1-14-7-5-6-8-15(14)13-18(23)22-19(24)21-17-11-9-16(10-12-17)20(2,3)4/h5-8,16-17H,9-13H2,1-4H3,(H2,21,22,23,24). The molecule has 132 valence electrons. The van der Waals surface area contributed by atoms with Crippen molar-refractivity contribution in [2.24, 2.45) is 11.3 Å². The Hall–Kier alpha value is -1.42. The van der Waals surface area contributed by atoms with Crippen LogP contribution in [0, 0.1) is 18.3 Å². The summed E-state index contributed by atoms with van der Waals surface area (Å²) in [4.78, 5) is 12.2. The van der Waals surface area contributed by atoms with Crippen LogP contribution < -0.4 is 10.6 Å². The van der Waals surface area contributed by atoms with Crippen molar-refractivity contribution in [1.29, 1.82) is 0 Å². The zero-order valence-electron chi connectivity index (χ0n) is 15.3. The summed E-state index contributed by atoms with van der Waals surface area (Å²) in [6, 6.07) is 8.33. The number of nitrogens with one attached hydrogen (secondary N) is 2. The Morgan fingerprint density at radius 2 is 1.79 bits per heavy atom. The lowest BCUT2D eigenvalue weighted by Gasteiger charge is -2.37. The van der Waals surface area contributed by atoms with Gasteiger partial charge in [0.25, 0.3) is 0 Å². The predicted molar refractivity (Wildman–Crippen MR) is 104 cm³/mol. The van der Waals surface area contributed by atoms with E-state index in [0.29, 0.717) is 23.0 Å². The molecule has 0 radical (unpaired) electrons. The van der Waals surface area contributed by atoms with Crippen LogP contribution in [0.2, 0.25) is 0 Å². The lowest BCUT2D eigenvalue weighted by atomic mass is 9.71. The van der Waals surface area contributed by atoms with E-state index in [1.54, 1.807) is 0 Å². The summed E-state index contributed by atoms with van der Waals surface area (Å²) in [5.74, 6) is 0.727. The molecule has 0 unspecified atom stereocenters. The predicted octanol–water partition coefficient (Wildman–Crippen LogP) is 4.13. The van der Waals surface area contributed by atoms with Gasteiger partial charge in [-0.05, 0) is 67.3 Å². The summed E-state index contributed by atoms with van der Waals surface area (Å²) in [5, 5.41) is 6.61. The summed E-state index contributed by atoms with van der Waals surface area (Å²) >= 11 is 5.32. The van der Waals surface area contributed by atoms with Crippen molar-refractivity contribution in [3.63, 3.8) is 0 Å². The highest BCUT2D eigenvalue weighted by molar-refractivity contribution is 7.80. The molecule has 4 heteroatoms. The van der Waals surface area contributed by atoms with Crippen LogP contribution in [0.15, 0.2) is 24.3 Å². The first-order chi connectivity index (χ1) is 11.3. The molecular formula is C20H30N2OS. The third-order valence-electron chi connectivity index (χ3n) is 5.15. The molecule has 2 rings (SSSR count). The van der Waals surface area contributed by atoms with Gasteiger partial charge in [0.15, 0.2) is 5.11 Å². The zero-order valence-corrected chi connectivity index (χ0v) is 16.1. The average molecular weight is 347 g/mol. The molecule has 24 heavy (non-hydrogen) atoms. The second kappa shape index (κ2) is 8.11. The minimum absolute atomic E-state index is 0.0508. The van der Waals surface area contributed by atoms with E-state index < -0.39 is 0 Å². The number of rotatable bonds is 3. The number of thiocarbonyl (C=S) groups is 1. The molecule has 0 bridgehead atoms. The monoisotopic (exact) mass is 346 g/mol. The molecule has 0 aromatic heterocycles. The first-order valence-electron chi connectivity index (χ1n) is 8.90. The number of amides is 1. The lowest BCUT2D eigenvalue weighted by molar-refractivity contribution is -0.119. The first-order valence-corrected chi connectivity index (χ1v) is 9.31. The number of benzene rings is 1. The molecule has 3 nitrogen and oxygen atoms in total. The third-order valence-corrected chi connectivity index (χ3v) is 5.37. The second-order valence-corrected chi connectivity index (χ2v) is 8.45. The number of hydrogen-bond acceptors (Lipinski definition) is 2. The van der Waals surface area contributed by atoms with E-state index in [2.05, 4.69) is 31.4 Å². The Morgan fingerprint density at radius 1 is 1.17 bits per heavy atom. The van der Waals surface area contributed by atoms with Gasteiger partial charge in [-0.1, -0.05) is 45.0 Å². The maximum Gasteiger partial charge on any atom is 0.230 e. The molecule has 1 amide bonds. The maximum atomic E-state index is 12.2. The third kappa shape index (κ3) is 5.59. The molecule has 2 N–H and O–H groups in total. The number of carbonyl (C=O) groups is 1. The second-order valence-electron chi connectivity index (χ2n) is 8.04. The number of hydrogen-bond donors (Lipinski definition) is 2. The van der Waals surface area contributed by atoms with Crippen LogP contribution in [0.4, 0.5) is 0 Å². The summed E-state index contributed by atoms with van der Waals surface area (Å²) in [6.45, 7) is 8.98. The molecule has 0 heterocycles. The van der Waals surface area contributed by atoms with Gasteiger partial charge in [0.05, 0.1) is 6.42 Å². The molecule has 0 saturated heterocycles. The van der Waals surface area contributed by atoms with Crippen molar-refractivity contribution in [1.82, 2.24) is 10.6 Å². The molecule has 1 aromatic rings. The minimum Gasteiger partial charge on any atom is -0.360 e. The summed E-state index contributed by atoms with van der Waals surface area (Å²) in [7, 11) is 0. The van der Waals surface area contributed by atoms with E-state index in [-0.39, 0.29) is 5.91 Å². The van der Waals surface area contributed by atoms with Gasteiger partial charge < -0.3 is 10.6 Å². The molecule has 1 aliphatic carbocycles. The Bertz CT molecular complexity index is 584. The molecule has 1 aliphatic rings. The summed E-state index contributed by atoms with van der Waals surface area (Å²) < 4.78 is 0. The van der Waals surface area contributed by atoms with Crippen molar-refractivity contribution < 1.29 is 4.79 Å². The van der Waals surface area contributed by atoms with Crippen molar-refractivity contribution in [3.8, 4) is 0 Å². The van der Waals surface area contributed by atoms with Gasteiger partial charge >= 0.3 is 0 Å². The fourth-order valence-electron chi connectivity index (χ4n) is 3.48. The van der Waals surface area contributed by atoms with E-state index in [1.165, 1.54) is 12.8 Å². The Morgan fingerprint density at radius 3 is 2.38 bits per heavy atom. The Labute approximate surface area is 151 Å². The van der Waals surface area contributed by atoms with Crippen LogP contribution in [-0.4, -0.2) is 17.1 Å². The Kier molecular flexibility index (Phi) is 6.39. The Balaban J connectivity index is 1.76. The smallest absolute Gasteiger partial charge is 0.230 e. The van der Waals surface area contributed by atoms with Crippen LogP contribution in [0.25, 0.3) is 0 Å². The highest BCUT2D eigenvalue weighted by atomic mass is 32.1. The molecule has 0 atom stereocenters. The molecule has 0 aliphatic heterocycles. The SMILES string of the molecule is Cc1ccccc1CC(=O)NC(=S)NC1CCC(C(C)(C)C)CC1. The number of aryl methyl sites for hydroxylation is 1. The lowest BCUT2D eigenvalue weighted by Crippen LogP contribution is -2.46. The highest BCUT2D eigenvalue weighted by Gasteiger charge is 2.29. The maximum absolute atomic E-state index is 12.2. The average Bonchev–Trinajstić information content (AvgIpc) is 2.49. The molecule has 1 fully saturated rings. The van der Waals surface area contributed by atoms with Gasteiger partial charge in [-0.2, -0.15) is 0 Å². The van der Waals surface area contributed by atoms with Gasteiger partial charge in [-0.3, -0.25) is 4.79 Å². The van der Waals surface area contributed by atoms with Gasteiger partial charge in [0, 0.05) is 6.04 Å². The minimum atomic E-state index is -0.0508. The van der Waals surface area contributed by atoms with E-state index in [1.807, 2.05) is 31.2 Å². The number of carbonyl (C=O) groups excluding carboxylic acids is 1. The highest BCUT2D eigenvalue weighted by Crippen LogP contribution is 2.37. The van der Waals surface area contributed by atoms with Crippen LogP contribution in [0.1, 0.15) is 57.6 Å². The van der Waals surface area contributed by atoms with Gasteiger partial charge in [0.1, 0.15) is 0 Å². The fourth-order valence-corrected chi connectivity index (χ4v) is 3.76. The van der Waals surface area contributed by atoms with Gasteiger partial charge in [0.2, 0.25) is 5.91 Å². The zero-order chi connectivity index (χ0) is 17.7. The van der Waals surface area contributed by atoms with Gasteiger partial charge in [-0.25, -0.2) is 0 Å². The molecule has 1 aromatic carbocycles. The van der Waals surface area contributed by atoms with Crippen molar-refractivity contribution in [3.05, 3.63) is 35.4 Å². The van der Waals surface area contributed by atoms with Crippen LogP contribution in [0.3, 0.4) is 0 Å². The normalized spacial score (nSPS) is 21.2. The van der Waals surface area contributed by atoms with Crippen molar-refractivity contribution >= 4 is 23.2 Å².